The normalized spacial score (nSPS) is 11.0. The molecule has 21 heavy (non-hydrogen) atoms. The molecule has 108 valence electrons. The van der Waals surface area contributed by atoms with E-state index in [1.54, 1.807) is 24.6 Å². The summed E-state index contributed by atoms with van der Waals surface area (Å²) >= 11 is 0. The molecule has 0 aromatic carbocycles. The van der Waals surface area contributed by atoms with Gasteiger partial charge in [0.25, 0.3) is 11.6 Å². The minimum atomic E-state index is -0.255. The number of hydrogen-bond acceptors (Lipinski definition) is 5. The number of anilines is 1. The van der Waals surface area contributed by atoms with E-state index in [0.29, 0.717) is 33.9 Å². The second kappa shape index (κ2) is 4.69. The number of carbonyl (C=O) groups excluding carboxylic acids is 1. The summed E-state index contributed by atoms with van der Waals surface area (Å²) in [7, 11) is 1.82. The Bertz CT molecular complexity index is 827. The van der Waals surface area contributed by atoms with Crippen molar-refractivity contribution in [3.63, 3.8) is 0 Å². The molecule has 0 aliphatic carbocycles. The smallest absolute Gasteiger partial charge is 0.258 e. The molecule has 7 nitrogen and oxygen atoms in total. The van der Waals surface area contributed by atoms with Crippen molar-refractivity contribution in [3.8, 4) is 0 Å². The van der Waals surface area contributed by atoms with E-state index < -0.39 is 0 Å². The van der Waals surface area contributed by atoms with Gasteiger partial charge in [-0.2, -0.15) is 5.10 Å². The van der Waals surface area contributed by atoms with Crippen LogP contribution in [0.2, 0.25) is 0 Å². The minimum absolute atomic E-state index is 0.255. The number of nitrogens with zero attached hydrogens (tertiary/aromatic N) is 4. The monoisotopic (exact) mass is 285 g/mol. The summed E-state index contributed by atoms with van der Waals surface area (Å²) in [5, 5.41) is 11.5. The maximum atomic E-state index is 12.5. The largest absolute Gasteiger partial charge is 0.336 e. The number of rotatable bonds is 2. The van der Waals surface area contributed by atoms with Crippen LogP contribution in [0.3, 0.4) is 0 Å². The number of fused-ring (bicyclic) bond motifs is 1. The second-order valence-electron chi connectivity index (χ2n) is 5.01. The van der Waals surface area contributed by atoms with Gasteiger partial charge in [0.05, 0.1) is 16.6 Å². The second-order valence-corrected chi connectivity index (χ2v) is 5.01. The lowest BCUT2D eigenvalue weighted by Gasteiger charge is -2.04. The maximum absolute atomic E-state index is 12.5. The van der Waals surface area contributed by atoms with Crippen molar-refractivity contribution in [2.24, 2.45) is 7.05 Å². The van der Waals surface area contributed by atoms with Crippen molar-refractivity contribution in [2.75, 3.05) is 5.32 Å². The molecule has 0 radical (unpaired) electrons. The van der Waals surface area contributed by atoms with Gasteiger partial charge in [-0.05, 0) is 26.8 Å². The van der Waals surface area contributed by atoms with Crippen LogP contribution in [0.5, 0.6) is 0 Å². The minimum Gasteiger partial charge on any atom is -0.336 e. The third kappa shape index (κ3) is 2.26. The van der Waals surface area contributed by atoms with Crippen LogP contribution in [0.25, 0.3) is 11.1 Å². The van der Waals surface area contributed by atoms with Crippen LogP contribution in [0.15, 0.2) is 16.7 Å². The van der Waals surface area contributed by atoms with E-state index >= 15 is 0 Å². The Labute approximate surface area is 120 Å². The number of pyridine rings is 1. The Kier molecular flexibility index (Phi) is 2.97. The molecule has 0 spiro atoms. The van der Waals surface area contributed by atoms with Crippen LogP contribution in [-0.2, 0) is 7.05 Å². The molecule has 0 unspecified atom stereocenters. The molecule has 3 aromatic rings. The molecule has 0 aliphatic heterocycles. The number of carbonyl (C=O) groups is 1. The molecule has 3 heterocycles. The standard InChI is InChI=1S/C14H15N5O2/c1-7-5-10(12-9(3)18-21-14(12)15-7)13(20)16-11-6-8(2)19(4)17-11/h5-6H,1-4H3,(H,16,17,20). The molecule has 0 aliphatic rings. The van der Waals surface area contributed by atoms with Crippen molar-refractivity contribution in [1.29, 1.82) is 0 Å². The summed E-state index contributed by atoms with van der Waals surface area (Å²) in [6, 6.07) is 3.53. The Morgan fingerprint density at radius 2 is 2.05 bits per heavy atom. The highest BCUT2D eigenvalue weighted by Gasteiger charge is 2.18. The van der Waals surface area contributed by atoms with E-state index in [4.69, 9.17) is 4.52 Å². The Balaban J connectivity index is 2.03. The van der Waals surface area contributed by atoms with Gasteiger partial charge in [0.1, 0.15) is 0 Å². The first-order valence-corrected chi connectivity index (χ1v) is 6.51. The number of hydrogen-bond donors (Lipinski definition) is 1. The highest BCUT2D eigenvalue weighted by Crippen LogP contribution is 2.22. The van der Waals surface area contributed by atoms with Crippen molar-refractivity contribution in [3.05, 3.63) is 34.8 Å². The summed E-state index contributed by atoms with van der Waals surface area (Å²) in [5.41, 5.74) is 3.15. The van der Waals surface area contributed by atoms with Crippen molar-refractivity contribution in [2.45, 2.75) is 20.8 Å². The van der Waals surface area contributed by atoms with E-state index in [-0.39, 0.29) is 5.91 Å². The molecular weight excluding hydrogens is 270 g/mol. The van der Waals surface area contributed by atoms with E-state index in [0.717, 1.165) is 5.69 Å². The third-order valence-corrected chi connectivity index (χ3v) is 3.35. The van der Waals surface area contributed by atoms with Crippen LogP contribution in [0, 0.1) is 20.8 Å². The summed E-state index contributed by atoms with van der Waals surface area (Å²) in [4.78, 5) is 16.7. The van der Waals surface area contributed by atoms with Gasteiger partial charge in [-0.15, -0.1) is 0 Å². The lowest BCUT2D eigenvalue weighted by molar-refractivity contribution is 0.102. The van der Waals surface area contributed by atoms with Crippen LogP contribution >= 0.6 is 0 Å². The average Bonchev–Trinajstić information content (AvgIpc) is 2.93. The molecule has 0 bridgehead atoms. The van der Waals surface area contributed by atoms with Crippen LogP contribution < -0.4 is 5.32 Å². The van der Waals surface area contributed by atoms with Gasteiger partial charge in [-0.1, -0.05) is 5.16 Å². The molecule has 1 N–H and O–H groups in total. The van der Waals surface area contributed by atoms with Crippen LogP contribution in [0.4, 0.5) is 5.82 Å². The molecule has 0 fully saturated rings. The first-order chi connectivity index (χ1) is 9.95. The molecule has 0 saturated heterocycles. The van der Waals surface area contributed by atoms with E-state index in [1.807, 2.05) is 20.0 Å². The lowest BCUT2D eigenvalue weighted by Crippen LogP contribution is -2.13. The number of amides is 1. The molecule has 7 heteroatoms. The molecule has 0 saturated carbocycles. The topological polar surface area (TPSA) is 85.8 Å². The van der Waals surface area contributed by atoms with E-state index in [1.165, 1.54) is 0 Å². The maximum Gasteiger partial charge on any atom is 0.258 e. The van der Waals surface area contributed by atoms with Gasteiger partial charge in [0.2, 0.25) is 0 Å². The summed E-state index contributed by atoms with van der Waals surface area (Å²) in [6.07, 6.45) is 0. The zero-order chi connectivity index (χ0) is 15.1. The Morgan fingerprint density at radius 3 is 2.71 bits per heavy atom. The number of nitrogens with one attached hydrogen (secondary N) is 1. The van der Waals surface area contributed by atoms with Gasteiger partial charge in [0.15, 0.2) is 5.82 Å². The van der Waals surface area contributed by atoms with Gasteiger partial charge in [0, 0.05) is 24.5 Å². The van der Waals surface area contributed by atoms with Gasteiger partial charge in [-0.25, -0.2) is 4.98 Å². The van der Waals surface area contributed by atoms with E-state index in [2.05, 4.69) is 20.6 Å². The SMILES string of the molecule is Cc1cc(C(=O)Nc2cc(C)n(C)n2)c2c(C)noc2n1. The molecule has 3 rings (SSSR count). The first-order valence-electron chi connectivity index (χ1n) is 6.51. The van der Waals surface area contributed by atoms with Crippen molar-refractivity contribution < 1.29 is 9.32 Å². The third-order valence-electron chi connectivity index (χ3n) is 3.35. The Hall–Kier alpha value is -2.70. The molecule has 1 amide bonds. The highest BCUT2D eigenvalue weighted by molar-refractivity contribution is 6.12. The number of aryl methyl sites for hydroxylation is 4. The predicted octanol–water partition coefficient (Wildman–Crippen LogP) is 2.13. The quantitative estimate of drug-likeness (QED) is 0.779. The molecule has 0 atom stereocenters. The summed E-state index contributed by atoms with van der Waals surface area (Å²) in [6.45, 7) is 5.51. The Morgan fingerprint density at radius 1 is 1.29 bits per heavy atom. The van der Waals surface area contributed by atoms with Crippen LogP contribution in [0.1, 0.15) is 27.4 Å². The fourth-order valence-electron chi connectivity index (χ4n) is 2.20. The van der Waals surface area contributed by atoms with Gasteiger partial charge in [-0.3, -0.25) is 9.48 Å². The predicted molar refractivity (Wildman–Crippen MR) is 77.2 cm³/mol. The summed E-state index contributed by atoms with van der Waals surface area (Å²) in [5.74, 6) is 0.256. The van der Waals surface area contributed by atoms with Gasteiger partial charge < -0.3 is 9.84 Å². The highest BCUT2D eigenvalue weighted by atomic mass is 16.5. The zero-order valence-electron chi connectivity index (χ0n) is 12.3. The molecular formula is C14H15N5O2. The lowest BCUT2D eigenvalue weighted by atomic mass is 10.1. The zero-order valence-corrected chi connectivity index (χ0v) is 12.3. The van der Waals surface area contributed by atoms with Crippen molar-refractivity contribution in [1.82, 2.24) is 19.9 Å². The fourth-order valence-corrected chi connectivity index (χ4v) is 2.20. The summed E-state index contributed by atoms with van der Waals surface area (Å²) < 4.78 is 6.83. The van der Waals surface area contributed by atoms with Crippen molar-refractivity contribution >= 4 is 22.8 Å². The van der Waals surface area contributed by atoms with Gasteiger partial charge >= 0.3 is 0 Å². The fraction of sp³-hybridized carbons (Fsp3) is 0.286. The average molecular weight is 285 g/mol. The van der Waals surface area contributed by atoms with Crippen LogP contribution in [-0.4, -0.2) is 25.8 Å². The molecule has 3 aromatic heterocycles. The first kappa shape index (κ1) is 13.3. The number of aromatic nitrogens is 4. The van der Waals surface area contributed by atoms with E-state index in [9.17, 15) is 4.79 Å².